The van der Waals surface area contributed by atoms with E-state index in [1.54, 1.807) is 0 Å². The van der Waals surface area contributed by atoms with Crippen LogP contribution < -0.4 is 0 Å². The van der Waals surface area contributed by atoms with Crippen molar-refractivity contribution in [3.63, 3.8) is 0 Å². The molecule has 1 aromatic heterocycles. The van der Waals surface area contributed by atoms with Gasteiger partial charge in [-0.3, -0.25) is 4.79 Å². The SMILES string of the molecule is Cc1c(C(=O)CCN(C)C)n(C)c2ccccc12. The van der Waals surface area contributed by atoms with Crippen LogP contribution in [-0.2, 0) is 7.05 Å². The van der Waals surface area contributed by atoms with Gasteiger partial charge in [-0.15, -0.1) is 0 Å². The number of ketones is 1. The number of rotatable bonds is 4. The number of benzene rings is 1. The van der Waals surface area contributed by atoms with E-state index in [2.05, 4.69) is 12.1 Å². The van der Waals surface area contributed by atoms with Gasteiger partial charge in [-0.05, 0) is 32.6 Å². The van der Waals surface area contributed by atoms with Gasteiger partial charge < -0.3 is 9.47 Å². The fraction of sp³-hybridized carbons (Fsp3) is 0.400. The first kappa shape index (κ1) is 12.8. The monoisotopic (exact) mass is 244 g/mol. The number of para-hydroxylation sites is 1. The average molecular weight is 244 g/mol. The molecule has 3 heteroatoms. The second-order valence-electron chi connectivity index (χ2n) is 5.03. The molecule has 1 aromatic carbocycles. The Kier molecular flexibility index (Phi) is 3.53. The molecule has 1 heterocycles. The molecule has 2 rings (SSSR count). The van der Waals surface area contributed by atoms with Crippen LogP contribution in [0, 0.1) is 6.92 Å². The van der Waals surface area contributed by atoms with E-state index in [0.29, 0.717) is 6.42 Å². The fourth-order valence-corrected chi connectivity index (χ4v) is 2.42. The third-order valence-electron chi connectivity index (χ3n) is 3.41. The Labute approximate surface area is 108 Å². The van der Waals surface area contributed by atoms with Gasteiger partial charge in [0.25, 0.3) is 0 Å². The van der Waals surface area contributed by atoms with Gasteiger partial charge in [0.15, 0.2) is 5.78 Å². The molecule has 0 amide bonds. The molecule has 0 saturated heterocycles. The molecule has 3 nitrogen and oxygen atoms in total. The molecule has 0 unspecified atom stereocenters. The minimum atomic E-state index is 0.222. The summed E-state index contributed by atoms with van der Waals surface area (Å²) in [7, 11) is 5.95. The van der Waals surface area contributed by atoms with Gasteiger partial charge in [-0.2, -0.15) is 0 Å². The smallest absolute Gasteiger partial charge is 0.180 e. The van der Waals surface area contributed by atoms with Gasteiger partial charge in [0.1, 0.15) is 0 Å². The number of fused-ring (bicyclic) bond motifs is 1. The summed E-state index contributed by atoms with van der Waals surface area (Å²) in [6.45, 7) is 2.82. The predicted molar refractivity (Wildman–Crippen MR) is 75.2 cm³/mol. The molecule has 0 spiro atoms. The molecule has 96 valence electrons. The minimum absolute atomic E-state index is 0.222. The van der Waals surface area contributed by atoms with E-state index in [1.807, 2.05) is 49.7 Å². The maximum Gasteiger partial charge on any atom is 0.180 e. The molecule has 0 fully saturated rings. The van der Waals surface area contributed by atoms with E-state index in [0.717, 1.165) is 23.3 Å². The Morgan fingerprint density at radius 3 is 2.56 bits per heavy atom. The zero-order valence-corrected chi connectivity index (χ0v) is 11.5. The van der Waals surface area contributed by atoms with Crippen molar-refractivity contribution in [1.29, 1.82) is 0 Å². The van der Waals surface area contributed by atoms with Gasteiger partial charge in [0.2, 0.25) is 0 Å². The van der Waals surface area contributed by atoms with Crippen LogP contribution in [0.3, 0.4) is 0 Å². The van der Waals surface area contributed by atoms with E-state index in [-0.39, 0.29) is 5.78 Å². The van der Waals surface area contributed by atoms with Crippen LogP contribution in [0.15, 0.2) is 24.3 Å². The van der Waals surface area contributed by atoms with E-state index in [9.17, 15) is 4.79 Å². The molecule has 0 aliphatic carbocycles. The molecule has 0 aliphatic rings. The van der Waals surface area contributed by atoms with Crippen LogP contribution in [0.4, 0.5) is 0 Å². The van der Waals surface area contributed by atoms with Crippen molar-refractivity contribution in [3.05, 3.63) is 35.5 Å². The highest BCUT2D eigenvalue weighted by atomic mass is 16.1. The van der Waals surface area contributed by atoms with E-state index < -0.39 is 0 Å². The molecular formula is C15H20N2O. The topological polar surface area (TPSA) is 25.2 Å². The lowest BCUT2D eigenvalue weighted by atomic mass is 10.1. The van der Waals surface area contributed by atoms with Crippen molar-refractivity contribution in [2.75, 3.05) is 20.6 Å². The summed E-state index contributed by atoms with van der Waals surface area (Å²) in [6.07, 6.45) is 0.567. The Bertz CT molecular complexity index is 542. The number of hydrogen-bond donors (Lipinski definition) is 0. The number of hydrogen-bond acceptors (Lipinski definition) is 2. The zero-order chi connectivity index (χ0) is 13.3. The van der Waals surface area contributed by atoms with E-state index in [1.165, 1.54) is 5.39 Å². The first-order valence-electron chi connectivity index (χ1n) is 6.24. The summed E-state index contributed by atoms with van der Waals surface area (Å²) in [5.74, 6) is 0.222. The molecule has 0 N–H and O–H groups in total. The van der Waals surface area contributed by atoms with Gasteiger partial charge >= 0.3 is 0 Å². The van der Waals surface area contributed by atoms with Crippen molar-refractivity contribution < 1.29 is 4.79 Å². The van der Waals surface area contributed by atoms with Crippen molar-refractivity contribution in [1.82, 2.24) is 9.47 Å². The molecule has 0 aliphatic heterocycles. The normalized spacial score (nSPS) is 11.4. The molecule has 2 aromatic rings. The summed E-state index contributed by atoms with van der Waals surface area (Å²) >= 11 is 0. The molecule has 0 radical (unpaired) electrons. The molecular weight excluding hydrogens is 224 g/mol. The Balaban J connectivity index is 2.42. The van der Waals surface area contributed by atoms with Crippen LogP contribution in [0.25, 0.3) is 10.9 Å². The largest absolute Gasteiger partial charge is 0.341 e. The number of aryl methyl sites for hydroxylation is 2. The lowest BCUT2D eigenvalue weighted by Crippen LogP contribution is -2.18. The first-order chi connectivity index (χ1) is 8.52. The fourth-order valence-electron chi connectivity index (χ4n) is 2.42. The second kappa shape index (κ2) is 4.94. The third-order valence-corrected chi connectivity index (χ3v) is 3.41. The molecule has 0 atom stereocenters. The number of aromatic nitrogens is 1. The third kappa shape index (κ3) is 2.18. The van der Waals surface area contributed by atoms with E-state index >= 15 is 0 Å². The number of carbonyl (C=O) groups excluding carboxylic acids is 1. The van der Waals surface area contributed by atoms with Crippen molar-refractivity contribution in [2.45, 2.75) is 13.3 Å². The molecule has 0 bridgehead atoms. The Morgan fingerprint density at radius 1 is 1.28 bits per heavy atom. The first-order valence-corrected chi connectivity index (χ1v) is 6.24. The van der Waals surface area contributed by atoms with Crippen LogP contribution in [-0.4, -0.2) is 35.9 Å². The summed E-state index contributed by atoms with van der Waals surface area (Å²) in [5, 5.41) is 1.17. The predicted octanol–water partition coefficient (Wildman–Crippen LogP) is 2.62. The highest BCUT2D eigenvalue weighted by Crippen LogP contribution is 2.25. The van der Waals surface area contributed by atoms with Crippen LogP contribution in [0.2, 0.25) is 0 Å². The summed E-state index contributed by atoms with van der Waals surface area (Å²) in [5.41, 5.74) is 3.07. The highest BCUT2D eigenvalue weighted by Gasteiger charge is 2.17. The van der Waals surface area contributed by atoms with Crippen molar-refractivity contribution >= 4 is 16.7 Å². The van der Waals surface area contributed by atoms with Gasteiger partial charge in [-0.25, -0.2) is 0 Å². The van der Waals surface area contributed by atoms with Gasteiger partial charge in [0, 0.05) is 30.9 Å². The second-order valence-corrected chi connectivity index (χ2v) is 5.03. The van der Waals surface area contributed by atoms with Gasteiger partial charge in [0.05, 0.1) is 5.69 Å². The van der Waals surface area contributed by atoms with Gasteiger partial charge in [-0.1, -0.05) is 18.2 Å². The summed E-state index contributed by atoms with van der Waals surface area (Å²) in [6, 6.07) is 8.16. The average Bonchev–Trinajstić information content (AvgIpc) is 2.60. The zero-order valence-electron chi connectivity index (χ0n) is 11.5. The van der Waals surface area contributed by atoms with Crippen molar-refractivity contribution in [3.8, 4) is 0 Å². The number of carbonyl (C=O) groups is 1. The summed E-state index contributed by atoms with van der Waals surface area (Å²) in [4.78, 5) is 14.4. The van der Waals surface area contributed by atoms with Crippen LogP contribution >= 0.6 is 0 Å². The molecule has 18 heavy (non-hydrogen) atoms. The van der Waals surface area contributed by atoms with E-state index in [4.69, 9.17) is 0 Å². The standard InChI is InChI=1S/C15H20N2O/c1-11-12-7-5-6-8-13(12)17(4)15(11)14(18)9-10-16(2)3/h5-8H,9-10H2,1-4H3. The Hall–Kier alpha value is -1.61. The lowest BCUT2D eigenvalue weighted by molar-refractivity contribution is 0.0964. The number of Topliss-reactive ketones (excluding diaryl/α,β-unsaturated/α-hetero) is 1. The maximum atomic E-state index is 12.3. The van der Waals surface area contributed by atoms with Crippen LogP contribution in [0.1, 0.15) is 22.5 Å². The highest BCUT2D eigenvalue weighted by molar-refractivity contribution is 6.02. The quantitative estimate of drug-likeness (QED) is 0.772. The number of nitrogens with zero attached hydrogens (tertiary/aromatic N) is 2. The summed E-state index contributed by atoms with van der Waals surface area (Å²) < 4.78 is 2.02. The lowest BCUT2D eigenvalue weighted by Gasteiger charge is -2.09. The minimum Gasteiger partial charge on any atom is -0.341 e. The van der Waals surface area contributed by atoms with Crippen molar-refractivity contribution in [2.24, 2.45) is 7.05 Å². The molecule has 0 saturated carbocycles. The maximum absolute atomic E-state index is 12.3. The Morgan fingerprint density at radius 2 is 1.94 bits per heavy atom. The van der Waals surface area contributed by atoms with Crippen LogP contribution in [0.5, 0.6) is 0 Å².